The molecule has 0 aromatic heterocycles. The molecule has 20 heavy (non-hydrogen) atoms. The summed E-state index contributed by atoms with van der Waals surface area (Å²) in [5, 5.41) is 9.95. The molecule has 1 aliphatic carbocycles. The molecule has 0 heterocycles. The molecule has 1 N–H and O–H groups in total. The van der Waals surface area contributed by atoms with Gasteiger partial charge in [0, 0.05) is 10.9 Å². The average Bonchev–Trinajstić information content (AvgIpc) is 2.57. The van der Waals surface area contributed by atoms with E-state index >= 15 is 0 Å². The van der Waals surface area contributed by atoms with Crippen molar-refractivity contribution in [3.8, 4) is 0 Å². The standard InChI is InChI=1S/C17H15ClO2/c18-13-7-8-15-12(9-13)6-5-11-3-1-2-4-14(11)16(15)10-17(19)20/h1-4,7-9,16H,5-6,10H2,(H,19,20). The van der Waals surface area contributed by atoms with Gasteiger partial charge < -0.3 is 5.11 Å². The van der Waals surface area contributed by atoms with Crippen molar-refractivity contribution in [1.29, 1.82) is 0 Å². The lowest BCUT2D eigenvalue weighted by atomic mass is 9.86. The Morgan fingerprint density at radius 1 is 1.10 bits per heavy atom. The number of halogens is 1. The monoisotopic (exact) mass is 286 g/mol. The number of hydrogen-bond donors (Lipinski definition) is 1. The van der Waals surface area contributed by atoms with Crippen molar-refractivity contribution in [3.05, 3.63) is 69.7 Å². The lowest BCUT2D eigenvalue weighted by molar-refractivity contribution is -0.137. The zero-order valence-electron chi connectivity index (χ0n) is 11.0. The van der Waals surface area contributed by atoms with Crippen LogP contribution in [-0.2, 0) is 17.6 Å². The molecule has 0 saturated carbocycles. The number of aliphatic carboxylic acids is 1. The molecule has 0 bridgehead atoms. The first-order valence-corrected chi connectivity index (χ1v) is 7.11. The third kappa shape index (κ3) is 2.44. The quantitative estimate of drug-likeness (QED) is 0.904. The van der Waals surface area contributed by atoms with E-state index < -0.39 is 5.97 Å². The van der Waals surface area contributed by atoms with Crippen LogP contribution in [0.25, 0.3) is 0 Å². The zero-order valence-corrected chi connectivity index (χ0v) is 11.7. The van der Waals surface area contributed by atoms with Crippen molar-refractivity contribution in [2.45, 2.75) is 25.2 Å². The van der Waals surface area contributed by atoms with Crippen molar-refractivity contribution in [2.24, 2.45) is 0 Å². The van der Waals surface area contributed by atoms with Crippen LogP contribution in [0.2, 0.25) is 5.02 Å². The maximum atomic E-state index is 11.2. The summed E-state index contributed by atoms with van der Waals surface area (Å²) in [6.45, 7) is 0. The SMILES string of the molecule is O=C(O)CC1c2ccccc2CCc2cc(Cl)ccc21. The number of benzene rings is 2. The summed E-state index contributed by atoms with van der Waals surface area (Å²) < 4.78 is 0. The highest BCUT2D eigenvalue weighted by Gasteiger charge is 2.25. The van der Waals surface area contributed by atoms with E-state index in [-0.39, 0.29) is 12.3 Å². The fourth-order valence-electron chi connectivity index (χ4n) is 3.06. The zero-order chi connectivity index (χ0) is 14.1. The van der Waals surface area contributed by atoms with E-state index in [0.29, 0.717) is 5.02 Å². The van der Waals surface area contributed by atoms with E-state index in [2.05, 4.69) is 6.07 Å². The van der Waals surface area contributed by atoms with Crippen LogP contribution in [-0.4, -0.2) is 11.1 Å². The Hall–Kier alpha value is -1.80. The molecule has 1 unspecified atom stereocenters. The highest BCUT2D eigenvalue weighted by Crippen LogP contribution is 2.37. The Balaban J connectivity index is 2.16. The van der Waals surface area contributed by atoms with Crippen molar-refractivity contribution < 1.29 is 9.90 Å². The fourth-order valence-corrected chi connectivity index (χ4v) is 3.26. The van der Waals surface area contributed by atoms with Gasteiger partial charge in [0.1, 0.15) is 0 Å². The maximum absolute atomic E-state index is 11.2. The molecule has 0 aliphatic heterocycles. The summed E-state index contributed by atoms with van der Waals surface area (Å²) in [7, 11) is 0. The van der Waals surface area contributed by atoms with Gasteiger partial charge in [0.25, 0.3) is 0 Å². The molecule has 1 atom stereocenters. The summed E-state index contributed by atoms with van der Waals surface area (Å²) in [5.41, 5.74) is 4.64. The molecule has 0 saturated heterocycles. The molecule has 1 aliphatic rings. The van der Waals surface area contributed by atoms with E-state index in [1.807, 2.05) is 36.4 Å². The molecular weight excluding hydrogens is 272 g/mol. The molecule has 0 fully saturated rings. The molecule has 3 heteroatoms. The first-order chi connectivity index (χ1) is 9.65. The Kier molecular flexibility index (Phi) is 3.49. The summed E-state index contributed by atoms with van der Waals surface area (Å²) in [6.07, 6.45) is 1.95. The minimum absolute atomic E-state index is 0.0848. The van der Waals surface area contributed by atoms with Gasteiger partial charge in [0.15, 0.2) is 0 Å². The number of aryl methyl sites for hydroxylation is 2. The van der Waals surface area contributed by atoms with Gasteiger partial charge in [-0.3, -0.25) is 4.79 Å². The molecule has 3 rings (SSSR count). The second-order valence-electron chi connectivity index (χ2n) is 5.19. The van der Waals surface area contributed by atoms with Gasteiger partial charge >= 0.3 is 5.97 Å². The summed E-state index contributed by atoms with van der Waals surface area (Å²) in [6, 6.07) is 13.9. The highest BCUT2D eigenvalue weighted by atomic mass is 35.5. The van der Waals surface area contributed by atoms with Crippen LogP contribution >= 0.6 is 11.6 Å². The largest absolute Gasteiger partial charge is 0.481 e. The first kappa shape index (κ1) is 13.2. The van der Waals surface area contributed by atoms with Gasteiger partial charge in [-0.15, -0.1) is 0 Å². The lowest BCUT2D eigenvalue weighted by Gasteiger charge is -2.18. The van der Waals surface area contributed by atoms with E-state index in [9.17, 15) is 9.90 Å². The minimum Gasteiger partial charge on any atom is -0.481 e. The Bertz CT molecular complexity index is 664. The van der Waals surface area contributed by atoms with Gasteiger partial charge in [0.05, 0.1) is 6.42 Å². The second kappa shape index (κ2) is 5.29. The van der Waals surface area contributed by atoms with Crippen LogP contribution in [0.5, 0.6) is 0 Å². The lowest BCUT2D eigenvalue weighted by Crippen LogP contribution is -2.09. The average molecular weight is 287 g/mol. The van der Waals surface area contributed by atoms with Gasteiger partial charge in [-0.05, 0) is 47.2 Å². The van der Waals surface area contributed by atoms with E-state index in [4.69, 9.17) is 11.6 Å². The number of carboxylic acid groups (broad SMARTS) is 1. The van der Waals surface area contributed by atoms with Crippen LogP contribution in [0, 0.1) is 0 Å². The van der Waals surface area contributed by atoms with E-state index in [0.717, 1.165) is 24.0 Å². The summed E-state index contributed by atoms with van der Waals surface area (Å²) >= 11 is 6.08. The Morgan fingerprint density at radius 2 is 1.80 bits per heavy atom. The van der Waals surface area contributed by atoms with Gasteiger partial charge in [0.2, 0.25) is 0 Å². The number of carbonyl (C=O) groups is 1. The Morgan fingerprint density at radius 3 is 2.60 bits per heavy atom. The second-order valence-corrected chi connectivity index (χ2v) is 5.63. The third-order valence-electron chi connectivity index (χ3n) is 3.95. The minimum atomic E-state index is -0.771. The predicted molar refractivity (Wildman–Crippen MR) is 79.4 cm³/mol. The van der Waals surface area contributed by atoms with Crippen molar-refractivity contribution in [2.75, 3.05) is 0 Å². The fraction of sp³-hybridized carbons (Fsp3) is 0.235. The van der Waals surface area contributed by atoms with Crippen LogP contribution in [0.1, 0.15) is 34.6 Å². The number of hydrogen-bond acceptors (Lipinski definition) is 1. The van der Waals surface area contributed by atoms with Crippen molar-refractivity contribution >= 4 is 17.6 Å². The summed E-state index contributed by atoms with van der Waals surface area (Å²) in [5.74, 6) is -0.855. The van der Waals surface area contributed by atoms with E-state index in [1.54, 1.807) is 0 Å². The molecule has 0 spiro atoms. The smallest absolute Gasteiger partial charge is 0.304 e. The molecule has 2 aromatic rings. The van der Waals surface area contributed by atoms with Gasteiger partial charge in [-0.25, -0.2) is 0 Å². The van der Waals surface area contributed by atoms with Crippen LogP contribution in [0.4, 0.5) is 0 Å². The van der Waals surface area contributed by atoms with Crippen LogP contribution < -0.4 is 0 Å². The van der Waals surface area contributed by atoms with Crippen LogP contribution in [0.3, 0.4) is 0 Å². The van der Waals surface area contributed by atoms with Gasteiger partial charge in [-0.2, -0.15) is 0 Å². The normalized spacial score (nSPS) is 16.9. The maximum Gasteiger partial charge on any atom is 0.304 e. The van der Waals surface area contributed by atoms with E-state index in [1.165, 1.54) is 11.1 Å². The number of fused-ring (bicyclic) bond motifs is 2. The van der Waals surface area contributed by atoms with Crippen molar-refractivity contribution in [3.63, 3.8) is 0 Å². The molecule has 102 valence electrons. The molecule has 2 aromatic carbocycles. The number of rotatable bonds is 2. The molecule has 0 amide bonds. The predicted octanol–water partition coefficient (Wildman–Crippen LogP) is 4.05. The third-order valence-corrected chi connectivity index (χ3v) is 4.19. The highest BCUT2D eigenvalue weighted by molar-refractivity contribution is 6.30. The molecular formula is C17H15ClO2. The first-order valence-electron chi connectivity index (χ1n) is 6.73. The number of carboxylic acids is 1. The summed E-state index contributed by atoms with van der Waals surface area (Å²) in [4.78, 5) is 11.2. The van der Waals surface area contributed by atoms with Crippen LogP contribution in [0.15, 0.2) is 42.5 Å². The van der Waals surface area contributed by atoms with Crippen molar-refractivity contribution in [1.82, 2.24) is 0 Å². The van der Waals surface area contributed by atoms with Gasteiger partial charge in [-0.1, -0.05) is 41.9 Å². The molecule has 0 radical (unpaired) electrons. The topological polar surface area (TPSA) is 37.3 Å². The Labute approximate surface area is 123 Å². The molecule has 2 nitrogen and oxygen atoms in total.